The van der Waals surface area contributed by atoms with E-state index in [1.807, 2.05) is 24.3 Å². The van der Waals surface area contributed by atoms with Gasteiger partial charge in [0.25, 0.3) is 0 Å². The molecule has 0 aliphatic rings. The molecular weight excluding hydrogens is 330 g/mol. The zero-order valence-corrected chi connectivity index (χ0v) is 16.4. The van der Waals surface area contributed by atoms with Gasteiger partial charge in [0.2, 0.25) is 0 Å². The Balaban J connectivity index is 2.25. The topological polar surface area (TPSA) is 58.9 Å². The molecule has 0 fully saturated rings. The fourth-order valence-electron chi connectivity index (χ4n) is 2.94. The van der Waals surface area contributed by atoms with Gasteiger partial charge in [0.05, 0.1) is 25.7 Å². The van der Waals surface area contributed by atoms with Gasteiger partial charge in [0, 0.05) is 18.7 Å². The summed E-state index contributed by atoms with van der Waals surface area (Å²) in [7, 11) is 4.34. The molecule has 1 atom stereocenters. The molecule has 0 unspecified atom stereocenters. The maximum atomic E-state index is 9.26. The second-order valence-corrected chi connectivity index (χ2v) is 7.38. The van der Waals surface area contributed by atoms with E-state index < -0.39 is 0 Å². The average molecular weight is 359 g/mol. The first-order valence-electron chi connectivity index (χ1n) is 8.96. The van der Waals surface area contributed by atoms with Crippen LogP contribution in [-0.4, -0.2) is 28.9 Å². The number of hydrogen-bond donors (Lipinski definition) is 1. The molecule has 0 radical (unpaired) electrons. The summed E-state index contributed by atoms with van der Waals surface area (Å²) in [6, 6.07) is 10.4. The number of thioether (sulfide) groups is 1. The van der Waals surface area contributed by atoms with Gasteiger partial charge in [-0.3, -0.25) is 0 Å². The molecule has 0 bridgehead atoms. The Morgan fingerprint density at radius 1 is 1.24 bits per heavy atom. The lowest BCUT2D eigenvalue weighted by molar-refractivity contribution is -0.893. The van der Waals surface area contributed by atoms with Crippen molar-refractivity contribution in [2.75, 3.05) is 14.1 Å². The van der Waals surface area contributed by atoms with Crippen molar-refractivity contribution in [1.29, 1.82) is 5.26 Å². The Labute approximate surface area is 155 Å². The highest BCUT2D eigenvalue weighted by atomic mass is 32.2. The average Bonchev–Trinajstić information content (AvgIpc) is 3.01. The van der Waals surface area contributed by atoms with Gasteiger partial charge < -0.3 is 9.47 Å². The van der Waals surface area contributed by atoms with E-state index in [1.54, 1.807) is 11.8 Å². The highest BCUT2D eigenvalue weighted by molar-refractivity contribution is 7.98. The third-order valence-electron chi connectivity index (χ3n) is 4.39. The molecule has 0 aliphatic heterocycles. The fourth-order valence-corrected chi connectivity index (χ4v) is 3.91. The standard InChI is InChI=1S/C19H27N5S/c1-5-7-12-24-18(17(6-2)23(3)4)21-22-19(24)25-14-16-11-9-8-10-15(16)13-20/h8-11,17H,5-7,12,14H2,1-4H3/p+1/t17-/m0/s1. The molecule has 0 amide bonds. The lowest BCUT2D eigenvalue weighted by Crippen LogP contribution is -3.06. The summed E-state index contributed by atoms with van der Waals surface area (Å²) in [5, 5.41) is 19.2. The maximum Gasteiger partial charge on any atom is 0.192 e. The number of hydrogen-bond acceptors (Lipinski definition) is 4. The molecule has 134 valence electrons. The number of nitrogens with zero attached hydrogens (tertiary/aromatic N) is 4. The van der Waals surface area contributed by atoms with E-state index in [1.165, 1.54) is 4.90 Å². The van der Waals surface area contributed by atoms with Crippen LogP contribution in [0.5, 0.6) is 0 Å². The predicted octanol–water partition coefficient (Wildman–Crippen LogP) is 2.84. The Morgan fingerprint density at radius 2 is 2.00 bits per heavy atom. The van der Waals surface area contributed by atoms with Gasteiger partial charge in [-0.25, -0.2) is 0 Å². The van der Waals surface area contributed by atoms with Crippen LogP contribution in [0, 0.1) is 11.3 Å². The normalized spacial score (nSPS) is 12.3. The van der Waals surface area contributed by atoms with E-state index >= 15 is 0 Å². The number of quaternary nitrogens is 1. The fraction of sp³-hybridized carbons (Fsp3) is 0.526. The second kappa shape index (κ2) is 9.59. The van der Waals surface area contributed by atoms with Gasteiger partial charge in [0.15, 0.2) is 11.0 Å². The van der Waals surface area contributed by atoms with Gasteiger partial charge in [-0.1, -0.05) is 50.2 Å². The lowest BCUT2D eigenvalue weighted by atomic mass is 10.1. The predicted molar refractivity (Wildman–Crippen MR) is 101 cm³/mol. The van der Waals surface area contributed by atoms with Crippen molar-refractivity contribution >= 4 is 11.8 Å². The number of nitrogens with one attached hydrogen (secondary N) is 1. The number of benzene rings is 1. The van der Waals surface area contributed by atoms with Crippen LogP contribution in [0.4, 0.5) is 0 Å². The molecular formula is C19H28N5S+. The molecule has 2 rings (SSSR count). The van der Waals surface area contributed by atoms with Crippen LogP contribution in [0.15, 0.2) is 29.4 Å². The van der Waals surface area contributed by atoms with Crippen molar-refractivity contribution in [1.82, 2.24) is 14.8 Å². The highest BCUT2D eigenvalue weighted by Crippen LogP contribution is 2.26. The van der Waals surface area contributed by atoms with Crippen molar-refractivity contribution < 1.29 is 4.90 Å². The van der Waals surface area contributed by atoms with Crippen LogP contribution in [0.1, 0.15) is 56.1 Å². The number of unbranched alkanes of at least 4 members (excludes halogenated alkanes) is 1. The van der Waals surface area contributed by atoms with Crippen molar-refractivity contribution in [2.24, 2.45) is 0 Å². The molecule has 1 N–H and O–H groups in total. The summed E-state index contributed by atoms with van der Waals surface area (Å²) in [6.07, 6.45) is 3.30. The van der Waals surface area contributed by atoms with Crippen LogP contribution < -0.4 is 4.90 Å². The van der Waals surface area contributed by atoms with Gasteiger partial charge in [0.1, 0.15) is 6.04 Å². The molecule has 1 aromatic heterocycles. The number of nitriles is 1. The van der Waals surface area contributed by atoms with Crippen molar-refractivity contribution in [3.05, 3.63) is 41.2 Å². The van der Waals surface area contributed by atoms with Gasteiger partial charge in [-0.15, -0.1) is 10.2 Å². The zero-order valence-electron chi connectivity index (χ0n) is 15.6. The molecule has 6 heteroatoms. The zero-order chi connectivity index (χ0) is 18.2. The first kappa shape index (κ1) is 19.5. The van der Waals surface area contributed by atoms with Crippen LogP contribution in [0.3, 0.4) is 0 Å². The van der Waals surface area contributed by atoms with Crippen LogP contribution in [0.25, 0.3) is 0 Å². The lowest BCUT2D eigenvalue weighted by Gasteiger charge is -2.20. The van der Waals surface area contributed by atoms with Crippen LogP contribution in [-0.2, 0) is 12.3 Å². The van der Waals surface area contributed by atoms with E-state index in [4.69, 9.17) is 0 Å². The second-order valence-electron chi connectivity index (χ2n) is 6.44. The molecule has 5 nitrogen and oxygen atoms in total. The monoisotopic (exact) mass is 358 g/mol. The molecule has 0 saturated carbocycles. The molecule has 0 aliphatic carbocycles. The van der Waals surface area contributed by atoms with E-state index in [2.05, 4.69) is 48.8 Å². The minimum atomic E-state index is 0.352. The summed E-state index contributed by atoms with van der Waals surface area (Å²) < 4.78 is 2.28. The van der Waals surface area contributed by atoms with Gasteiger partial charge >= 0.3 is 0 Å². The molecule has 2 aromatic rings. The highest BCUT2D eigenvalue weighted by Gasteiger charge is 2.24. The van der Waals surface area contributed by atoms with Crippen LogP contribution >= 0.6 is 11.8 Å². The Hall–Kier alpha value is -1.84. The van der Waals surface area contributed by atoms with Crippen molar-refractivity contribution in [3.63, 3.8) is 0 Å². The minimum Gasteiger partial charge on any atom is -0.331 e. The van der Waals surface area contributed by atoms with E-state index in [0.717, 1.165) is 53.7 Å². The Morgan fingerprint density at radius 3 is 2.64 bits per heavy atom. The summed E-state index contributed by atoms with van der Waals surface area (Å²) in [6.45, 7) is 5.35. The minimum absolute atomic E-state index is 0.352. The first-order chi connectivity index (χ1) is 12.1. The molecule has 25 heavy (non-hydrogen) atoms. The third-order valence-corrected chi connectivity index (χ3v) is 5.41. The molecule has 0 spiro atoms. The molecule has 1 aromatic carbocycles. The SMILES string of the molecule is CCCCn1c(SCc2ccccc2C#N)nnc1[C@H](CC)[NH+](C)C. The van der Waals surface area contributed by atoms with Gasteiger partial charge in [-0.05, 0) is 18.1 Å². The smallest absolute Gasteiger partial charge is 0.192 e. The molecule has 1 heterocycles. The first-order valence-corrected chi connectivity index (χ1v) is 9.94. The molecule has 0 saturated heterocycles. The summed E-state index contributed by atoms with van der Waals surface area (Å²) in [5.74, 6) is 1.81. The summed E-state index contributed by atoms with van der Waals surface area (Å²) in [4.78, 5) is 1.37. The maximum absolute atomic E-state index is 9.26. The summed E-state index contributed by atoms with van der Waals surface area (Å²) >= 11 is 1.67. The largest absolute Gasteiger partial charge is 0.331 e. The van der Waals surface area contributed by atoms with E-state index in [0.29, 0.717) is 6.04 Å². The third kappa shape index (κ3) is 4.83. The summed E-state index contributed by atoms with van der Waals surface area (Å²) in [5.41, 5.74) is 1.78. The van der Waals surface area contributed by atoms with Crippen molar-refractivity contribution in [2.45, 2.75) is 56.6 Å². The van der Waals surface area contributed by atoms with E-state index in [-0.39, 0.29) is 0 Å². The Bertz CT molecular complexity index is 717. The Kier molecular flexibility index (Phi) is 7.48. The van der Waals surface area contributed by atoms with Crippen molar-refractivity contribution in [3.8, 4) is 6.07 Å². The quantitative estimate of drug-likeness (QED) is 0.700. The van der Waals surface area contributed by atoms with Crippen LogP contribution in [0.2, 0.25) is 0 Å². The number of rotatable bonds is 9. The van der Waals surface area contributed by atoms with E-state index in [9.17, 15) is 5.26 Å². The number of aromatic nitrogens is 3. The van der Waals surface area contributed by atoms with Gasteiger partial charge in [-0.2, -0.15) is 5.26 Å².